The minimum absolute atomic E-state index is 0.197. The number of nitrogens with one attached hydrogen (secondary N) is 3. The normalized spacial score (nSPS) is 19.6. The second-order valence-corrected chi connectivity index (χ2v) is 8.57. The first-order valence-electron chi connectivity index (χ1n) is 12.0. The lowest BCUT2D eigenvalue weighted by Gasteiger charge is -2.22. The fraction of sp³-hybridized carbons (Fsp3) is 0.500. The van der Waals surface area contributed by atoms with Crippen molar-refractivity contribution >= 4 is 35.9 Å². The Morgan fingerprint density at radius 2 is 2.00 bits per heavy atom. The maximum absolute atomic E-state index is 13.1. The van der Waals surface area contributed by atoms with Gasteiger partial charge in [0.1, 0.15) is 6.04 Å². The molecule has 34 heavy (non-hydrogen) atoms. The zero-order valence-corrected chi connectivity index (χ0v) is 19.8. The molecule has 1 aliphatic rings. The molecule has 2 bridgehead atoms. The zero-order valence-electron chi connectivity index (χ0n) is 19.8. The van der Waals surface area contributed by atoms with E-state index in [1.54, 1.807) is 0 Å². The van der Waals surface area contributed by atoms with E-state index in [9.17, 15) is 24.0 Å². The molecule has 1 aromatic rings. The first kappa shape index (κ1) is 27.0. The maximum atomic E-state index is 13.1. The van der Waals surface area contributed by atoms with Gasteiger partial charge in [-0.25, -0.2) is 0 Å². The molecular formula is C26H35N3O5. The lowest BCUT2D eigenvalue weighted by molar-refractivity contribution is -0.134. The second kappa shape index (κ2) is 14.8. The van der Waals surface area contributed by atoms with E-state index in [1.165, 1.54) is 0 Å². The molecule has 184 valence electrons. The summed E-state index contributed by atoms with van der Waals surface area (Å²) in [6.07, 6.45) is 10.2. The van der Waals surface area contributed by atoms with Gasteiger partial charge in [0, 0.05) is 12.8 Å². The number of Topliss-reactive ketones (excluding diaryl/α,β-unsaturated/α-hetero) is 1. The molecule has 0 fully saturated rings. The van der Waals surface area contributed by atoms with Crippen LogP contribution >= 0.6 is 0 Å². The van der Waals surface area contributed by atoms with E-state index >= 15 is 0 Å². The average Bonchev–Trinajstić information content (AvgIpc) is 2.83. The van der Waals surface area contributed by atoms with Crippen molar-refractivity contribution in [3.8, 4) is 0 Å². The van der Waals surface area contributed by atoms with Crippen LogP contribution in [0.5, 0.6) is 0 Å². The summed E-state index contributed by atoms with van der Waals surface area (Å²) >= 11 is 0. The highest BCUT2D eigenvalue weighted by molar-refractivity contribution is 6.28. The van der Waals surface area contributed by atoms with Crippen LogP contribution in [-0.4, -0.2) is 48.4 Å². The van der Waals surface area contributed by atoms with Gasteiger partial charge >= 0.3 is 0 Å². The van der Waals surface area contributed by atoms with Crippen LogP contribution in [0.1, 0.15) is 69.4 Å². The third-order valence-corrected chi connectivity index (χ3v) is 5.70. The molecular weight excluding hydrogens is 434 g/mol. The van der Waals surface area contributed by atoms with Gasteiger partial charge in [-0.2, -0.15) is 0 Å². The molecule has 0 aliphatic carbocycles. The lowest BCUT2D eigenvalue weighted by Crippen LogP contribution is -2.54. The maximum Gasteiger partial charge on any atom is 0.243 e. The predicted octanol–water partition coefficient (Wildman–Crippen LogP) is 2.25. The van der Waals surface area contributed by atoms with E-state index in [0.717, 1.165) is 43.2 Å². The average molecular weight is 470 g/mol. The molecule has 0 saturated heterocycles. The van der Waals surface area contributed by atoms with E-state index < -0.39 is 29.7 Å². The number of hydrogen-bond acceptors (Lipinski definition) is 5. The number of carbonyl (C=O) groups excluding carboxylic acids is 5. The number of unbranched alkanes of at least 4 members (excludes halogenated alkanes) is 1. The van der Waals surface area contributed by atoms with E-state index in [0.29, 0.717) is 19.3 Å². The van der Waals surface area contributed by atoms with Crippen LogP contribution in [0.3, 0.4) is 0 Å². The van der Waals surface area contributed by atoms with Crippen LogP contribution in [0.25, 0.3) is 6.08 Å². The van der Waals surface area contributed by atoms with Crippen LogP contribution < -0.4 is 16.0 Å². The monoisotopic (exact) mass is 469 g/mol. The minimum atomic E-state index is -0.970. The number of carbonyl (C=O) groups is 5. The van der Waals surface area contributed by atoms with Crippen LogP contribution in [0, 0.1) is 0 Å². The number of ketones is 1. The number of allylic oxidation sites excluding steroid dienone is 1. The van der Waals surface area contributed by atoms with Crippen LogP contribution in [-0.2, 0) is 30.4 Å². The van der Waals surface area contributed by atoms with Gasteiger partial charge < -0.3 is 16.0 Å². The van der Waals surface area contributed by atoms with Gasteiger partial charge in [-0.05, 0) is 36.8 Å². The van der Waals surface area contributed by atoms with Crippen molar-refractivity contribution in [2.24, 2.45) is 0 Å². The molecule has 0 radical (unpaired) electrons. The minimum Gasteiger partial charge on any atom is -0.347 e. The highest BCUT2D eigenvalue weighted by Gasteiger charge is 2.26. The summed E-state index contributed by atoms with van der Waals surface area (Å²) in [6, 6.07) is 5.77. The molecule has 2 unspecified atom stereocenters. The van der Waals surface area contributed by atoms with Crippen molar-refractivity contribution in [3.63, 3.8) is 0 Å². The van der Waals surface area contributed by atoms with Crippen molar-refractivity contribution in [1.29, 1.82) is 0 Å². The Hall–Kier alpha value is -3.29. The number of fused-ring (bicyclic) bond motifs is 2. The van der Waals surface area contributed by atoms with Crippen molar-refractivity contribution in [1.82, 2.24) is 16.0 Å². The van der Waals surface area contributed by atoms with Gasteiger partial charge in [-0.15, -0.1) is 0 Å². The topological polar surface area (TPSA) is 121 Å². The predicted molar refractivity (Wildman–Crippen MR) is 130 cm³/mol. The van der Waals surface area contributed by atoms with Gasteiger partial charge in [0.25, 0.3) is 0 Å². The molecule has 1 aromatic carbocycles. The number of hydrogen-bond donors (Lipinski definition) is 3. The highest BCUT2D eigenvalue weighted by atomic mass is 16.2. The molecule has 3 N–H and O–H groups in total. The largest absolute Gasteiger partial charge is 0.347 e. The number of benzene rings is 1. The first-order valence-corrected chi connectivity index (χ1v) is 12.0. The van der Waals surface area contributed by atoms with Crippen molar-refractivity contribution in [2.75, 3.05) is 6.54 Å². The summed E-state index contributed by atoms with van der Waals surface area (Å²) in [5.74, 6) is -1.95. The molecule has 8 nitrogen and oxygen atoms in total. The summed E-state index contributed by atoms with van der Waals surface area (Å²) in [7, 11) is 0. The zero-order chi connectivity index (χ0) is 24.8. The molecule has 0 aromatic heterocycles. The Morgan fingerprint density at radius 3 is 2.76 bits per heavy atom. The molecule has 0 spiro atoms. The summed E-state index contributed by atoms with van der Waals surface area (Å²) in [4.78, 5) is 60.7. The van der Waals surface area contributed by atoms with Crippen LogP contribution in [0.15, 0.2) is 30.3 Å². The second-order valence-electron chi connectivity index (χ2n) is 8.57. The molecule has 8 heteroatoms. The quantitative estimate of drug-likeness (QED) is 0.418. The standard InChI is InChI=1S/C26H35N3O5/c1-2-3-13-21(23(31)18-30)29-26(34)22-16-20-12-9-11-19(15-20)10-7-5-4-6-8-14-24(32)27-17-25(33)28-22/h7,9-12,15,18,21-22H,2-6,8,13-14,16-17H2,1H3,(H,27,32)(H,28,33)(H,29,34)/b10-7-. The molecule has 3 amide bonds. The fourth-order valence-electron chi connectivity index (χ4n) is 3.77. The Bertz CT molecular complexity index is 896. The highest BCUT2D eigenvalue weighted by Crippen LogP contribution is 2.12. The Kier molecular flexibility index (Phi) is 11.7. The lowest BCUT2D eigenvalue weighted by atomic mass is 10.0. The van der Waals surface area contributed by atoms with Gasteiger partial charge in [-0.1, -0.05) is 62.6 Å². The Morgan fingerprint density at radius 1 is 1.18 bits per heavy atom. The van der Waals surface area contributed by atoms with E-state index in [-0.39, 0.29) is 25.2 Å². The van der Waals surface area contributed by atoms with Crippen molar-refractivity contribution < 1.29 is 24.0 Å². The van der Waals surface area contributed by atoms with Crippen molar-refractivity contribution in [3.05, 3.63) is 41.5 Å². The molecule has 1 aliphatic heterocycles. The smallest absolute Gasteiger partial charge is 0.243 e. The van der Waals surface area contributed by atoms with E-state index in [2.05, 4.69) is 22.0 Å². The summed E-state index contributed by atoms with van der Waals surface area (Å²) < 4.78 is 0. The van der Waals surface area contributed by atoms with Gasteiger partial charge in [-0.3, -0.25) is 24.0 Å². The van der Waals surface area contributed by atoms with Crippen LogP contribution in [0.2, 0.25) is 0 Å². The van der Waals surface area contributed by atoms with Crippen LogP contribution in [0.4, 0.5) is 0 Å². The molecule has 0 saturated carbocycles. The SMILES string of the molecule is CCCCC(NC(=O)C1Cc2cccc(c2)/C=C\CCCCCC(=O)NCC(=O)N1)C(=O)C=O. The number of rotatable bonds is 7. The molecule has 2 atom stereocenters. The van der Waals surface area contributed by atoms with Gasteiger partial charge in [0.15, 0.2) is 6.29 Å². The third-order valence-electron chi connectivity index (χ3n) is 5.70. The first-order chi connectivity index (χ1) is 16.4. The summed E-state index contributed by atoms with van der Waals surface area (Å²) in [6.45, 7) is 1.71. The van der Waals surface area contributed by atoms with Crippen molar-refractivity contribution in [2.45, 2.75) is 76.8 Å². The van der Waals surface area contributed by atoms with Gasteiger partial charge in [0.2, 0.25) is 23.5 Å². The van der Waals surface area contributed by atoms with E-state index in [4.69, 9.17) is 0 Å². The number of amides is 3. The fourth-order valence-corrected chi connectivity index (χ4v) is 3.77. The third kappa shape index (κ3) is 9.68. The Balaban J connectivity index is 2.24. The molecule has 2 rings (SSSR count). The Labute approximate surface area is 200 Å². The van der Waals surface area contributed by atoms with Gasteiger partial charge in [0.05, 0.1) is 12.6 Å². The molecule has 1 heterocycles. The van der Waals surface area contributed by atoms with E-state index in [1.807, 2.05) is 37.3 Å². The summed E-state index contributed by atoms with van der Waals surface area (Å²) in [5, 5.41) is 7.90. The number of aldehydes is 1. The summed E-state index contributed by atoms with van der Waals surface area (Å²) in [5.41, 5.74) is 1.82.